The zero-order valence-electron chi connectivity index (χ0n) is 10.4. The molecule has 1 aromatic heterocycles. The molecule has 0 N–H and O–H groups in total. The Balaban J connectivity index is 2.06. The third kappa shape index (κ3) is 4.01. The minimum absolute atomic E-state index is 0.123. The van der Waals surface area contributed by atoms with Gasteiger partial charge < -0.3 is 9.32 Å². The van der Waals surface area contributed by atoms with Gasteiger partial charge >= 0.3 is 6.18 Å². The highest BCUT2D eigenvalue weighted by atomic mass is 19.4. The number of nitrogens with zero attached hydrogens (tertiary/aromatic N) is 1. The van der Waals surface area contributed by atoms with Gasteiger partial charge in [0.2, 0.25) is 5.91 Å². The molecule has 0 atom stereocenters. The van der Waals surface area contributed by atoms with Crippen molar-refractivity contribution in [2.45, 2.75) is 38.4 Å². The highest BCUT2D eigenvalue weighted by molar-refractivity contribution is 5.79. The SMILES string of the molecule is O=C(C1CCCC1)N(Cc1ccco1)CC(F)(F)F. The molecule has 106 valence electrons. The summed E-state index contributed by atoms with van der Waals surface area (Å²) in [7, 11) is 0. The first kappa shape index (κ1) is 14.0. The minimum Gasteiger partial charge on any atom is -0.467 e. The Hall–Kier alpha value is -1.46. The molecule has 0 unspecified atom stereocenters. The number of halogens is 3. The molecule has 2 rings (SSSR count). The molecule has 6 heteroatoms. The zero-order chi connectivity index (χ0) is 13.9. The molecular formula is C13H16F3NO2. The minimum atomic E-state index is -4.39. The van der Waals surface area contributed by atoms with E-state index in [0.717, 1.165) is 17.7 Å². The molecule has 1 heterocycles. The van der Waals surface area contributed by atoms with Crippen LogP contribution in [0.5, 0.6) is 0 Å². The van der Waals surface area contributed by atoms with E-state index in [1.54, 1.807) is 12.1 Å². The molecule has 0 bridgehead atoms. The molecule has 1 aliphatic rings. The molecule has 1 aliphatic carbocycles. The van der Waals surface area contributed by atoms with Crippen LogP contribution in [0.1, 0.15) is 31.4 Å². The fourth-order valence-corrected chi connectivity index (χ4v) is 2.45. The van der Waals surface area contributed by atoms with Crippen LogP contribution in [0.15, 0.2) is 22.8 Å². The van der Waals surface area contributed by atoms with E-state index in [2.05, 4.69) is 0 Å². The molecule has 1 fully saturated rings. The summed E-state index contributed by atoms with van der Waals surface area (Å²) in [6, 6.07) is 3.17. The summed E-state index contributed by atoms with van der Waals surface area (Å²) in [6.07, 6.45) is 0.201. The highest BCUT2D eigenvalue weighted by Gasteiger charge is 2.36. The fourth-order valence-electron chi connectivity index (χ4n) is 2.45. The summed E-state index contributed by atoms with van der Waals surface area (Å²) >= 11 is 0. The van der Waals surface area contributed by atoms with E-state index in [9.17, 15) is 18.0 Å². The lowest BCUT2D eigenvalue weighted by Crippen LogP contribution is -2.41. The van der Waals surface area contributed by atoms with E-state index < -0.39 is 18.6 Å². The fraction of sp³-hybridized carbons (Fsp3) is 0.615. The van der Waals surface area contributed by atoms with Crippen molar-refractivity contribution >= 4 is 5.91 Å². The third-order valence-electron chi connectivity index (χ3n) is 3.31. The smallest absolute Gasteiger partial charge is 0.406 e. The van der Waals surface area contributed by atoms with E-state index in [0.29, 0.717) is 18.6 Å². The van der Waals surface area contributed by atoms with Gasteiger partial charge in [0.1, 0.15) is 12.3 Å². The second-order valence-corrected chi connectivity index (χ2v) is 4.87. The van der Waals surface area contributed by atoms with E-state index >= 15 is 0 Å². The first-order valence-corrected chi connectivity index (χ1v) is 6.33. The molecular weight excluding hydrogens is 259 g/mol. The van der Waals surface area contributed by atoms with Crippen LogP contribution in [0.4, 0.5) is 13.2 Å². The van der Waals surface area contributed by atoms with Gasteiger partial charge in [-0.2, -0.15) is 13.2 Å². The van der Waals surface area contributed by atoms with Crippen molar-refractivity contribution < 1.29 is 22.4 Å². The predicted molar refractivity (Wildman–Crippen MR) is 62.1 cm³/mol. The topological polar surface area (TPSA) is 33.5 Å². The van der Waals surface area contributed by atoms with Crippen molar-refractivity contribution in [1.82, 2.24) is 4.90 Å². The number of amides is 1. The van der Waals surface area contributed by atoms with Crippen molar-refractivity contribution in [2.75, 3.05) is 6.54 Å². The lowest BCUT2D eigenvalue weighted by molar-refractivity contribution is -0.165. The van der Waals surface area contributed by atoms with Crippen LogP contribution in [-0.4, -0.2) is 23.5 Å². The summed E-state index contributed by atoms with van der Waals surface area (Å²) < 4.78 is 42.7. The standard InChI is InChI=1S/C13H16F3NO2/c14-13(15,16)9-17(8-11-6-3-7-19-11)12(18)10-4-1-2-5-10/h3,6-7,10H,1-2,4-5,8-9H2. The maximum atomic E-state index is 12.6. The van der Waals surface area contributed by atoms with E-state index in [1.807, 2.05) is 0 Å². The first-order chi connectivity index (χ1) is 8.96. The van der Waals surface area contributed by atoms with Crippen molar-refractivity contribution in [3.63, 3.8) is 0 Å². The third-order valence-corrected chi connectivity index (χ3v) is 3.31. The predicted octanol–water partition coefficient (Wildman–Crippen LogP) is 3.36. The molecule has 0 saturated heterocycles. The summed E-state index contributed by atoms with van der Waals surface area (Å²) in [4.78, 5) is 13.0. The Morgan fingerprint density at radius 3 is 2.58 bits per heavy atom. The van der Waals surface area contributed by atoms with E-state index in [4.69, 9.17) is 4.42 Å². The lowest BCUT2D eigenvalue weighted by atomic mass is 10.1. The summed E-state index contributed by atoms with van der Waals surface area (Å²) in [5, 5.41) is 0. The molecule has 0 spiro atoms. The van der Waals surface area contributed by atoms with Crippen LogP contribution in [0.3, 0.4) is 0 Å². The summed E-state index contributed by atoms with van der Waals surface area (Å²) in [5.74, 6) is -0.306. The molecule has 1 amide bonds. The number of hydrogen-bond acceptors (Lipinski definition) is 2. The van der Waals surface area contributed by atoms with Gasteiger partial charge in [-0.15, -0.1) is 0 Å². The van der Waals surface area contributed by atoms with Gasteiger partial charge in [-0.05, 0) is 25.0 Å². The average molecular weight is 275 g/mol. The van der Waals surface area contributed by atoms with Gasteiger partial charge in [-0.1, -0.05) is 12.8 Å². The Morgan fingerprint density at radius 2 is 2.05 bits per heavy atom. The van der Waals surface area contributed by atoms with Crippen molar-refractivity contribution in [1.29, 1.82) is 0 Å². The van der Waals surface area contributed by atoms with Gasteiger partial charge in [-0.25, -0.2) is 0 Å². The second-order valence-electron chi connectivity index (χ2n) is 4.87. The van der Waals surface area contributed by atoms with Crippen molar-refractivity contribution in [2.24, 2.45) is 5.92 Å². The van der Waals surface area contributed by atoms with Gasteiger partial charge in [0, 0.05) is 5.92 Å². The molecule has 3 nitrogen and oxygen atoms in total. The average Bonchev–Trinajstić information content (AvgIpc) is 2.98. The van der Waals surface area contributed by atoms with Crippen LogP contribution in [0.2, 0.25) is 0 Å². The zero-order valence-corrected chi connectivity index (χ0v) is 10.4. The van der Waals surface area contributed by atoms with E-state index in [1.165, 1.54) is 6.26 Å². The molecule has 1 aromatic rings. The van der Waals surface area contributed by atoms with Crippen LogP contribution in [0, 0.1) is 5.92 Å². The van der Waals surface area contributed by atoms with Gasteiger partial charge in [0.15, 0.2) is 0 Å². The van der Waals surface area contributed by atoms with Crippen molar-refractivity contribution in [3.05, 3.63) is 24.2 Å². The quantitative estimate of drug-likeness (QED) is 0.844. The van der Waals surface area contributed by atoms with Gasteiger partial charge in [0.05, 0.1) is 12.8 Å². The van der Waals surface area contributed by atoms with Crippen LogP contribution < -0.4 is 0 Å². The van der Waals surface area contributed by atoms with Gasteiger partial charge in [0.25, 0.3) is 0 Å². The first-order valence-electron chi connectivity index (χ1n) is 6.33. The number of carbonyl (C=O) groups excluding carboxylic acids is 1. The van der Waals surface area contributed by atoms with Gasteiger partial charge in [-0.3, -0.25) is 4.79 Å². The largest absolute Gasteiger partial charge is 0.467 e. The number of alkyl halides is 3. The molecule has 0 radical (unpaired) electrons. The molecule has 0 aromatic carbocycles. The van der Waals surface area contributed by atoms with E-state index in [-0.39, 0.29) is 12.5 Å². The number of hydrogen-bond donors (Lipinski definition) is 0. The van der Waals surface area contributed by atoms with Crippen molar-refractivity contribution in [3.8, 4) is 0 Å². The second kappa shape index (κ2) is 5.67. The Labute approximate surface area is 109 Å². The molecule has 19 heavy (non-hydrogen) atoms. The van der Waals surface area contributed by atoms with Crippen LogP contribution in [0.25, 0.3) is 0 Å². The summed E-state index contributed by atoms with van der Waals surface area (Å²) in [6.45, 7) is -1.34. The lowest BCUT2D eigenvalue weighted by Gasteiger charge is -2.25. The maximum absolute atomic E-state index is 12.6. The monoisotopic (exact) mass is 275 g/mol. The Morgan fingerprint density at radius 1 is 1.37 bits per heavy atom. The molecule has 1 saturated carbocycles. The normalized spacial score (nSPS) is 16.8. The Bertz CT molecular complexity index is 408. The Kier molecular flexibility index (Phi) is 4.17. The summed E-state index contributed by atoms with van der Waals surface area (Å²) in [5.41, 5.74) is 0. The number of furan rings is 1. The highest BCUT2D eigenvalue weighted by Crippen LogP contribution is 2.28. The van der Waals surface area contributed by atoms with Crippen LogP contribution in [-0.2, 0) is 11.3 Å². The number of rotatable bonds is 4. The van der Waals surface area contributed by atoms with Crippen LogP contribution >= 0.6 is 0 Å². The molecule has 0 aliphatic heterocycles. The maximum Gasteiger partial charge on any atom is 0.406 e. The number of carbonyl (C=O) groups is 1.